The van der Waals surface area contributed by atoms with Crippen molar-refractivity contribution in [3.05, 3.63) is 48.4 Å². The highest BCUT2D eigenvalue weighted by molar-refractivity contribution is 5.94. The van der Waals surface area contributed by atoms with Crippen LogP contribution in [0, 0.1) is 5.92 Å². The second-order valence-electron chi connectivity index (χ2n) is 6.57. The van der Waals surface area contributed by atoms with Gasteiger partial charge >= 0.3 is 0 Å². The van der Waals surface area contributed by atoms with Gasteiger partial charge in [0.25, 0.3) is 0 Å². The fourth-order valence-corrected chi connectivity index (χ4v) is 2.70. The summed E-state index contributed by atoms with van der Waals surface area (Å²) < 4.78 is 5.32. The molecule has 0 fully saturated rings. The molecular weight excluding hydrogens is 314 g/mol. The lowest BCUT2D eigenvalue weighted by Gasteiger charge is -2.06. The van der Waals surface area contributed by atoms with E-state index < -0.39 is 0 Å². The summed E-state index contributed by atoms with van der Waals surface area (Å²) in [7, 11) is 0. The van der Waals surface area contributed by atoms with Gasteiger partial charge in [0, 0.05) is 24.9 Å². The van der Waals surface area contributed by atoms with Crippen LogP contribution >= 0.6 is 0 Å². The van der Waals surface area contributed by atoms with Crippen LogP contribution in [0.2, 0.25) is 0 Å². The second kappa shape index (κ2) is 7.92. The van der Waals surface area contributed by atoms with Gasteiger partial charge in [-0.15, -0.1) is 0 Å². The number of carbonyl (C=O) groups is 1. The summed E-state index contributed by atoms with van der Waals surface area (Å²) in [6.45, 7) is 4.99. The van der Waals surface area contributed by atoms with Crippen molar-refractivity contribution in [3.63, 3.8) is 0 Å². The third-order valence-electron chi connectivity index (χ3n) is 4.11. The molecule has 1 amide bonds. The lowest BCUT2D eigenvalue weighted by atomic mass is 10.0. The first-order valence-corrected chi connectivity index (χ1v) is 8.71. The minimum atomic E-state index is 0.0190. The van der Waals surface area contributed by atoms with Crippen molar-refractivity contribution in [2.24, 2.45) is 5.92 Å². The lowest BCUT2D eigenvalue weighted by Crippen LogP contribution is -2.25. The van der Waals surface area contributed by atoms with Crippen LogP contribution in [-0.4, -0.2) is 22.6 Å². The smallest absolute Gasteiger partial charge is 0.227 e. The normalized spacial score (nSPS) is 11.2. The van der Waals surface area contributed by atoms with Crippen molar-refractivity contribution in [3.8, 4) is 11.4 Å². The third kappa shape index (κ3) is 4.44. The molecule has 1 heterocycles. The van der Waals surface area contributed by atoms with E-state index >= 15 is 0 Å². The number of rotatable bonds is 7. The predicted octanol–water partition coefficient (Wildman–Crippen LogP) is 3.98. The summed E-state index contributed by atoms with van der Waals surface area (Å²) in [5.41, 5.74) is 0.939. The molecule has 0 radical (unpaired) electrons. The van der Waals surface area contributed by atoms with Crippen molar-refractivity contribution in [1.29, 1.82) is 0 Å². The van der Waals surface area contributed by atoms with Crippen LogP contribution in [0.1, 0.15) is 32.6 Å². The van der Waals surface area contributed by atoms with Gasteiger partial charge in [-0.1, -0.05) is 61.5 Å². The highest BCUT2D eigenvalue weighted by atomic mass is 16.5. The van der Waals surface area contributed by atoms with Crippen molar-refractivity contribution in [2.75, 3.05) is 6.54 Å². The monoisotopic (exact) mass is 337 g/mol. The summed E-state index contributed by atoms with van der Waals surface area (Å²) in [5.74, 6) is 1.65. The van der Waals surface area contributed by atoms with Gasteiger partial charge in [-0.2, -0.15) is 4.98 Å². The van der Waals surface area contributed by atoms with E-state index in [2.05, 4.69) is 41.4 Å². The summed E-state index contributed by atoms with van der Waals surface area (Å²) in [6, 6.07) is 14.1. The highest BCUT2D eigenvalue weighted by Crippen LogP contribution is 2.26. The molecule has 0 atom stereocenters. The van der Waals surface area contributed by atoms with Gasteiger partial charge in [0.05, 0.1) is 0 Å². The lowest BCUT2D eigenvalue weighted by molar-refractivity contribution is -0.121. The molecule has 0 aliphatic heterocycles. The van der Waals surface area contributed by atoms with Crippen LogP contribution in [0.4, 0.5) is 0 Å². The number of hydrogen-bond donors (Lipinski definition) is 1. The Morgan fingerprint density at radius 1 is 1.16 bits per heavy atom. The van der Waals surface area contributed by atoms with Gasteiger partial charge in [-0.25, -0.2) is 0 Å². The van der Waals surface area contributed by atoms with E-state index in [1.165, 1.54) is 0 Å². The van der Waals surface area contributed by atoms with Gasteiger partial charge in [0.1, 0.15) is 0 Å². The molecule has 1 N–H and O–H groups in total. The summed E-state index contributed by atoms with van der Waals surface area (Å²) in [5, 5.41) is 9.22. The number of nitrogens with zero attached hydrogens (tertiary/aromatic N) is 2. The van der Waals surface area contributed by atoms with Crippen molar-refractivity contribution >= 4 is 16.7 Å². The molecule has 3 aromatic rings. The van der Waals surface area contributed by atoms with Crippen LogP contribution in [-0.2, 0) is 11.2 Å². The van der Waals surface area contributed by atoms with Crippen LogP contribution in [0.15, 0.2) is 47.0 Å². The quantitative estimate of drug-likeness (QED) is 0.708. The molecule has 0 aliphatic carbocycles. The van der Waals surface area contributed by atoms with Crippen molar-refractivity contribution in [2.45, 2.75) is 33.1 Å². The van der Waals surface area contributed by atoms with Gasteiger partial charge in [0.2, 0.25) is 17.6 Å². The molecule has 5 heteroatoms. The number of aromatic nitrogens is 2. The number of carbonyl (C=O) groups excluding carboxylic acids is 1. The Morgan fingerprint density at radius 2 is 1.96 bits per heavy atom. The van der Waals surface area contributed by atoms with Crippen molar-refractivity contribution < 1.29 is 9.32 Å². The third-order valence-corrected chi connectivity index (χ3v) is 4.11. The highest BCUT2D eigenvalue weighted by Gasteiger charge is 2.12. The zero-order valence-corrected chi connectivity index (χ0v) is 14.7. The maximum absolute atomic E-state index is 11.8. The molecular formula is C20H23N3O2. The average molecular weight is 337 g/mol. The van der Waals surface area contributed by atoms with E-state index in [0.717, 1.165) is 22.8 Å². The molecule has 0 bridgehead atoms. The Morgan fingerprint density at radius 3 is 2.80 bits per heavy atom. The number of nitrogens with one attached hydrogen (secondary N) is 1. The molecule has 0 saturated carbocycles. The summed E-state index contributed by atoms with van der Waals surface area (Å²) in [6.07, 6.45) is 1.79. The number of hydrogen-bond acceptors (Lipinski definition) is 4. The molecule has 130 valence electrons. The topological polar surface area (TPSA) is 68.0 Å². The Labute approximate surface area is 147 Å². The largest absolute Gasteiger partial charge is 0.356 e. The fraction of sp³-hybridized carbons (Fsp3) is 0.350. The first-order valence-electron chi connectivity index (χ1n) is 8.71. The molecule has 0 saturated heterocycles. The average Bonchev–Trinajstić information content (AvgIpc) is 3.08. The maximum atomic E-state index is 11.8. The van der Waals surface area contributed by atoms with E-state index in [0.29, 0.717) is 37.0 Å². The van der Waals surface area contributed by atoms with E-state index in [4.69, 9.17) is 4.52 Å². The molecule has 5 nitrogen and oxygen atoms in total. The number of fused-ring (bicyclic) bond motifs is 1. The molecule has 25 heavy (non-hydrogen) atoms. The number of aryl methyl sites for hydroxylation is 1. The predicted molar refractivity (Wildman–Crippen MR) is 98.0 cm³/mol. The van der Waals surface area contributed by atoms with Gasteiger partial charge in [-0.05, 0) is 23.1 Å². The zero-order chi connectivity index (χ0) is 17.6. The molecule has 1 aromatic heterocycles. The molecule has 2 aromatic carbocycles. The van der Waals surface area contributed by atoms with E-state index in [1.807, 2.05) is 30.3 Å². The zero-order valence-electron chi connectivity index (χ0n) is 14.7. The van der Waals surface area contributed by atoms with Gasteiger partial charge in [-0.3, -0.25) is 4.79 Å². The van der Waals surface area contributed by atoms with Crippen LogP contribution in [0.5, 0.6) is 0 Å². The van der Waals surface area contributed by atoms with Crippen molar-refractivity contribution in [1.82, 2.24) is 15.5 Å². The van der Waals surface area contributed by atoms with Crippen LogP contribution < -0.4 is 5.32 Å². The minimum absolute atomic E-state index is 0.0190. The van der Waals surface area contributed by atoms with Crippen LogP contribution in [0.3, 0.4) is 0 Å². The SMILES string of the molecule is CC(C)CCNC(=O)CCc1nc(-c2cccc3ccccc23)no1. The summed E-state index contributed by atoms with van der Waals surface area (Å²) in [4.78, 5) is 16.3. The Bertz CT molecular complexity index is 850. The molecule has 3 rings (SSSR count). The Kier molecular flexibility index (Phi) is 5.43. The van der Waals surface area contributed by atoms with Gasteiger partial charge in [0.15, 0.2) is 0 Å². The molecule has 0 unspecified atom stereocenters. The number of benzene rings is 2. The first kappa shape index (κ1) is 17.1. The first-order chi connectivity index (χ1) is 12.1. The standard InChI is InChI=1S/C20H23N3O2/c1-14(2)12-13-21-18(24)10-11-19-22-20(23-25-19)17-9-5-7-15-6-3-4-8-16(15)17/h3-9,14H,10-13H2,1-2H3,(H,21,24). The molecule has 0 aliphatic rings. The maximum Gasteiger partial charge on any atom is 0.227 e. The Hall–Kier alpha value is -2.69. The number of amides is 1. The minimum Gasteiger partial charge on any atom is -0.356 e. The molecule has 0 spiro atoms. The second-order valence-corrected chi connectivity index (χ2v) is 6.57. The van der Waals surface area contributed by atoms with E-state index in [-0.39, 0.29) is 5.91 Å². The van der Waals surface area contributed by atoms with E-state index in [1.54, 1.807) is 0 Å². The van der Waals surface area contributed by atoms with Gasteiger partial charge < -0.3 is 9.84 Å². The Balaban J connectivity index is 1.63. The fourth-order valence-electron chi connectivity index (χ4n) is 2.70. The van der Waals surface area contributed by atoms with Crippen LogP contribution in [0.25, 0.3) is 22.2 Å². The summed E-state index contributed by atoms with van der Waals surface area (Å²) >= 11 is 0. The van der Waals surface area contributed by atoms with E-state index in [9.17, 15) is 4.79 Å².